The first-order chi connectivity index (χ1) is 9.08. The van der Waals surface area contributed by atoms with Gasteiger partial charge in [0.2, 0.25) is 0 Å². The van der Waals surface area contributed by atoms with E-state index in [1.807, 2.05) is 6.07 Å². The van der Waals surface area contributed by atoms with E-state index in [2.05, 4.69) is 31.9 Å². The Bertz CT molecular complexity index is 532. The zero-order valence-corrected chi connectivity index (χ0v) is 13.2. The van der Waals surface area contributed by atoms with Crippen molar-refractivity contribution in [2.75, 3.05) is 5.33 Å². The lowest BCUT2D eigenvalue weighted by Gasteiger charge is -2.15. The van der Waals surface area contributed by atoms with E-state index in [4.69, 9.17) is 0 Å². The van der Waals surface area contributed by atoms with Crippen LogP contribution in [-0.4, -0.2) is 5.33 Å². The minimum atomic E-state index is -0.253. The molecule has 0 heterocycles. The largest absolute Gasteiger partial charge is 0.207 e. The SMILES string of the molecule is Fc1ccc(C(CBr)Cc2cc(F)cc(Br)c2)cc1. The minimum Gasteiger partial charge on any atom is -0.207 e. The molecule has 1 unspecified atom stereocenters. The quantitative estimate of drug-likeness (QED) is 0.610. The van der Waals surface area contributed by atoms with Crippen molar-refractivity contribution < 1.29 is 8.78 Å². The lowest BCUT2D eigenvalue weighted by molar-refractivity contribution is 0.621. The van der Waals surface area contributed by atoms with Crippen LogP contribution in [0.25, 0.3) is 0 Å². The molecule has 19 heavy (non-hydrogen) atoms. The van der Waals surface area contributed by atoms with Gasteiger partial charge in [0.25, 0.3) is 0 Å². The lowest BCUT2D eigenvalue weighted by Crippen LogP contribution is -2.05. The van der Waals surface area contributed by atoms with Gasteiger partial charge in [-0.05, 0) is 53.8 Å². The van der Waals surface area contributed by atoms with Gasteiger partial charge in [0.1, 0.15) is 11.6 Å². The number of alkyl halides is 1. The summed E-state index contributed by atoms with van der Waals surface area (Å²) in [6.07, 6.45) is 0.702. The van der Waals surface area contributed by atoms with Gasteiger partial charge in [-0.2, -0.15) is 0 Å². The van der Waals surface area contributed by atoms with Gasteiger partial charge < -0.3 is 0 Å². The molecule has 0 saturated carbocycles. The highest BCUT2D eigenvalue weighted by Crippen LogP contribution is 2.25. The maximum absolute atomic E-state index is 13.3. The fourth-order valence-corrected chi connectivity index (χ4v) is 3.13. The Hall–Kier alpha value is -0.740. The van der Waals surface area contributed by atoms with Crippen molar-refractivity contribution in [3.05, 3.63) is 69.7 Å². The number of benzene rings is 2. The van der Waals surface area contributed by atoms with Crippen LogP contribution in [0.4, 0.5) is 8.78 Å². The second-order valence-corrected chi connectivity index (χ2v) is 5.95. The maximum Gasteiger partial charge on any atom is 0.124 e. The first-order valence-electron chi connectivity index (χ1n) is 5.85. The first-order valence-corrected chi connectivity index (χ1v) is 7.76. The summed E-state index contributed by atoms with van der Waals surface area (Å²) in [4.78, 5) is 0. The highest BCUT2D eigenvalue weighted by molar-refractivity contribution is 9.10. The van der Waals surface area contributed by atoms with Crippen LogP contribution in [0.15, 0.2) is 46.9 Å². The molecule has 0 aliphatic rings. The third kappa shape index (κ3) is 4.11. The molecule has 0 aromatic heterocycles. The summed E-state index contributed by atoms with van der Waals surface area (Å²) in [5.41, 5.74) is 1.96. The predicted octanol–water partition coefficient (Wildman–Crippen LogP) is 5.45. The third-order valence-electron chi connectivity index (χ3n) is 2.93. The van der Waals surface area contributed by atoms with Gasteiger partial charge in [-0.15, -0.1) is 0 Å². The highest BCUT2D eigenvalue weighted by Gasteiger charge is 2.12. The van der Waals surface area contributed by atoms with Crippen LogP contribution in [0, 0.1) is 11.6 Å². The number of rotatable bonds is 4. The van der Waals surface area contributed by atoms with Gasteiger partial charge in [-0.1, -0.05) is 44.0 Å². The number of hydrogen-bond acceptors (Lipinski definition) is 0. The fraction of sp³-hybridized carbons (Fsp3) is 0.200. The second kappa shape index (κ2) is 6.62. The van der Waals surface area contributed by atoms with Crippen molar-refractivity contribution in [1.82, 2.24) is 0 Å². The topological polar surface area (TPSA) is 0 Å². The van der Waals surface area contributed by atoms with Crippen LogP contribution in [0.3, 0.4) is 0 Å². The van der Waals surface area contributed by atoms with Crippen molar-refractivity contribution in [2.24, 2.45) is 0 Å². The predicted molar refractivity (Wildman–Crippen MR) is 80.7 cm³/mol. The van der Waals surface area contributed by atoms with Crippen molar-refractivity contribution in [2.45, 2.75) is 12.3 Å². The zero-order chi connectivity index (χ0) is 13.8. The van der Waals surface area contributed by atoms with E-state index in [-0.39, 0.29) is 17.6 Å². The molecule has 0 fully saturated rings. The van der Waals surface area contributed by atoms with Gasteiger partial charge in [-0.25, -0.2) is 8.78 Å². The normalized spacial score (nSPS) is 12.4. The van der Waals surface area contributed by atoms with Crippen LogP contribution >= 0.6 is 31.9 Å². The lowest BCUT2D eigenvalue weighted by atomic mass is 9.94. The number of halogens is 4. The summed E-state index contributed by atoms with van der Waals surface area (Å²) in [6, 6.07) is 11.3. The first kappa shape index (κ1) is 14.7. The molecule has 0 bridgehead atoms. The molecule has 4 heteroatoms. The van der Waals surface area contributed by atoms with Crippen LogP contribution in [0.5, 0.6) is 0 Å². The van der Waals surface area contributed by atoms with Crippen molar-refractivity contribution in [1.29, 1.82) is 0 Å². The Morgan fingerprint density at radius 1 is 0.947 bits per heavy atom. The highest BCUT2D eigenvalue weighted by atomic mass is 79.9. The molecular formula is C15H12Br2F2. The molecule has 100 valence electrons. The van der Waals surface area contributed by atoms with E-state index < -0.39 is 0 Å². The van der Waals surface area contributed by atoms with E-state index in [9.17, 15) is 8.78 Å². The van der Waals surface area contributed by atoms with Gasteiger partial charge in [0.15, 0.2) is 0 Å². The molecule has 2 aromatic rings. The molecule has 0 nitrogen and oxygen atoms in total. The number of hydrogen-bond donors (Lipinski definition) is 0. The minimum absolute atomic E-state index is 0.189. The summed E-state index contributed by atoms with van der Waals surface area (Å²) in [6.45, 7) is 0. The van der Waals surface area contributed by atoms with E-state index in [1.54, 1.807) is 12.1 Å². The van der Waals surface area contributed by atoms with E-state index in [0.29, 0.717) is 6.42 Å². The second-order valence-electron chi connectivity index (χ2n) is 4.38. The average Bonchev–Trinajstić information content (AvgIpc) is 2.36. The summed E-state index contributed by atoms with van der Waals surface area (Å²) in [7, 11) is 0. The zero-order valence-electron chi connectivity index (χ0n) is 10.0. The molecule has 0 N–H and O–H groups in total. The van der Waals surface area contributed by atoms with Crippen LogP contribution < -0.4 is 0 Å². The molecule has 0 aliphatic carbocycles. The van der Waals surface area contributed by atoms with Gasteiger partial charge in [0, 0.05) is 9.80 Å². The van der Waals surface area contributed by atoms with Crippen LogP contribution in [0.2, 0.25) is 0 Å². The summed E-state index contributed by atoms with van der Waals surface area (Å²) in [5.74, 6) is -0.309. The molecule has 1 atom stereocenters. The molecule has 0 spiro atoms. The van der Waals surface area contributed by atoms with Gasteiger partial charge in [0.05, 0.1) is 0 Å². The van der Waals surface area contributed by atoms with Gasteiger partial charge >= 0.3 is 0 Å². The average molecular weight is 390 g/mol. The van der Waals surface area contributed by atoms with Crippen LogP contribution in [-0.2, 0) is 6.42 Å². The van der Waals surface area contributed by atoms with Gasteiger partial charge in [-0.3, -0.25) is 0 Å². The van der Waals surface area contributed by atoms with Crippen molar-refractivity contribution in [3.8, 4) is 0 Å². The molecule has 2 rings (SSSR count). The van der Waals surface area contributed by atoms with E-state index in [0.717, 1.165) is 20.9 Å². The molecule has 0 aliphatic heterocycles. The monoisotopic (exact) mass is 388 g/mol. The molecule has 0 saturated heterocycles. The Kier molecular flexibility index (Phi) is 5.11. The molecular weight excluding hydrogens is 378 g/mol. The van der Waals surface area contributed by atoms with E-state index >= 15 is 0 Å². The Balaban J connectivity index is 2.21. The molecule has 2 aromatic carbocycles. The Labute approximate surface area is 128 Å². The Morgan fingerprint density at radius 2 is 1.63 bits per heavy atom. The summed E-state index contributed by atoms with van der Waals surface area (Å²) in [5, 5.41) is 0.743. The van der Waals surface area contributed by atoms with Crippen molar-refractivity contribution in [3.63, 3.8) is 0 Å². The smallest absolute Gasteiger partial charge is 0.124 e. The maximum atomic E-state index is 13.3. The summed E-state index contributed by atoms with van der Waals surface area (Å²) < 4.78 is 27.0. The molecule has 0 amide bonds. The fourth-order valence-electron chi connectivity index (χ4n) is 2.01. The van der Waals surface area contributed by atoms with E-state index in [1.165, 1.54) is 24.3 Å². The van der Waals surface area contributed by atoms with Crippen LogP contribution in [0.1, 0.15) is 17.0 Å². The van der Waals surface area contributed by atoms with Crippen molar-refractivity contribution >= 4 is 31.9 Å². The standard InChI is InChI=1S/C15H12Br2F2/c16-9-12(11-1-3-14(18)4-2-11)5-10-6-13(17)8-15(19)7-10/h1-4,6-8,12H,5,9H2. The summed E-state index contributed by atoms with van der Waals surface area (Å²) >= 11 is 6.76. The molecule has 0 radical (unpaired) electrons. The third-order valence-corrected chi connectivity index (χ3v) is 4.17. The Morgan fingerprint density at radius 3 is 2.21 bits per heavy atom.